The summed E-state index contributed by atoms with van der Waals surface area (Å²) in [7, 11) is 0. The van der Waals surface area contributed by atoms with Crippen molar-refractivity contribution in [3.63, 3.8) is 0 Å². The molecule has 10 heteroatoms. The molecule has 0 aliphatic carbocycles. The van der Waals surface area contributed by atoms with Crippen LogP contribution in [0.2, 0.25) is 0 Å². The SMILES string of the molecule is N#Cc1ncc(C(F)(F)F)cc1Oc1ccc(OC(=O)N2CCOCC2)cc1. The van der Waals surface area contributed by atoms with E-state index in [4.69, 9.17) is 19.5 Å². The van der Waals surface area contributed by atoms with Crippen LogP contribution in [0, 0.1) is 11.3 Å². The Morgan fingerprint density at radius 2 is 1.82 bits per heavy atom. The second-order valence-corrected chi connectivity index (χ2v) is 5.72. The standard InChI is InChI=1S/C18H14F3N3O4/c19-18(20,21)12-9-16(15(10-22)23-11-12)27-13-1-3-14(4-2-13)28-17(25)24-5-7-26-8-6-24/h1-4,9,11H,5-8H2. The molecular formula is C18H14F3N3O4. The number of nitrogens with zero attached hydrogens (tertiary/aromatic N) is 3. The van der Waals surface area contributed by atoms with Crippen LogP contribution in [-0.4, -0.2) is 42.3 Å². The molecule has 0 radical (unpaired) electrons. The fourth-order valence-corrected chi connectivity index (χ4v) is 2.38. The van der Waals surface area contributed by atoms with Gasteiger partial charge in [0.1, 0.15) is 17.6 Å². The summed E-state index contributed by atoms with van der Waals surface area (Å²) in [5, 5.41) is 9.01. The zero-order valence-electron chi connectivity index (χ0n) is 14.4. The molecule has 2 aromatic rings. The van der Waals surface area contributed by atoms with Crippen LogP contribution >= 0.6 is 0 Å². The first-order valence-corrected chi connectivity index (χ1v) is 8.16. The van der Waals surface area contributed by atoms with Gasteiger partial charge in [0.05, 0.1) is 18.8 Å². The lowest BCUT2D eigenvalue weighted by Crippen LogP contribution is -2.42. The van der Waals surface area contributed by atoms with E-state index in [1.807, 2.05) is 0 Å². The molecule has 1 amide bonds. The molecule has 1 saturated heterocycles. The zero-order valence-corrected chi connectivity index (χ0v) is 14.4. The van der Waals surface area contributed by atoms with Crippen LogP contribution in [-0.2, 0) is 10.9 Å². The Morgan fingerprint density at radius 1 is 1.18 bits per heavy atom. The molecule has 1 fully saturated rings. The quantitative estimate of drug-likeness (QED) is 0.792. The first kappa shape index (κ1) is 19.4. The lowest BCUT2D eigenvalue weighted by atomic mass is 10.2. The van der Waals surface area contributed by atoms with Gasteiger partial charge in [-0.25, -0.2) is 9.78 Å². The number of amides is 1. The molecule has 0 N–H and O–H groups in total. The fraction of sp³-hybridized carbons (Fsp3) is 0.278. The number of alkyl halides is 3. The molecule has 1 aliphatic rings. The maximum Gasteiger partial charge on any atom is 0.418 e. The molecule has 0 saturated carbocycles. The Bertz CT molecular complexity index is 888. The van der Waals surface area contributed by atoms with Gasteiger partial charge in [-0.1, -0.05) is 0 Å². The van der Waals surface area contributed by atoms with Gasteiger partial charge in [0, 0.05) is 19.3 Å². The minimum Gasteiger partial charge on any atom is -0.454 e. The minimum atomic E-state index is -4.61. The summed E-state index contributed by atoms with van der Waals surface area (Å²) in [6, 6.07) is 8.06. The van der Waals surface area contributed by atoms with Crippen LogP contribution in [0.4, 0.5) is 18.0 Å². The number of pyridine rings is 1. The van der Waals surface area contributed by atoms with E-state index in [-0.39, 0.29) is 22.9 Å². The molecule has 3 rings (SSSR count). The summed E-state index contributed by atoms with van der Waals surface area (Å²) in [6.07, 6.45) is -4.57. The first-order chi connectivity index (χ1) is 13.4. The lowest BCUT2D eigenvalue weighted by Gasteiger charge is -2.25. The van der Waals surface area contributed by atoms with Crippen LogP contribution in [0.5, 0.6) is 17.2 Å². The summed E-state index contributed by atoms with van der Waals surface area (Å²) in [5.41, 5.74) is -1.31. The molecule has 28 heavy (non-hydrogen) atoms. The third-order valence-corrected chi connectivity index (χ3v) is 3.81. The van der Waals surface area contributed by atoms with E-state index in [0.717, 1.165) is 0 Å². The molecule has 7 nitrogen and oxygen atoms in total. The van der Waals surface area contributed by atoms with Crippen LogP contribution in [0.15, 0.2) is 36.5 Å². The van der Waals surface area contributed by atoms with Gasteiger partial charge in [-0.3, -0.25) is 0 Å². The van der Waals surface area contributed by atoms with Gasteiger partial charge >= 0.3 is 12.3 Å². The molecule has 2 heterocycles. The number of benzene rings is 1. The number of halogens is 3. The molecule has 0 atom stereocenters. The summed E-state index contributed by atoms with van der Waals surface area (Å²) in [4.78, 5) is 17.0. The second-order valence-electron chi connectivity index (χ2n) is 5.72. The van der Waals surface area contributed by atoms with Crippen molar-refractivity contribution in [1.82, 2.24) is 9.88 Å². The molecule has 0 spiro atoms. The highest BCUT2D eigenvalue weighted by Crippen LogP contribution is 2.33. The second kappa shape index (κ2) is 8.14. The van der Waals surface area contributed by atoms with Gasteiger partial charge in [0.15, 0.2) is 11.4 Å². The summed E-state index contributed by atoms with van der Waals surface area (Å²) in [5.74, 6) is 0.0747. The van der Waals surface area contributed by atoms with Crippen molar-refractivity contribution < 1.29 is 32.2 Å². The van der Waals surface area contributed by atoms with E-state index >= 15 is 0 Å². The number of ether oxygens (including phenoxy) is 3. The number of hydrogen-bond donors (Lipinski definition) is 0. The Balaban J connectivity index is 1.70. The monoisotopic (exact) mass is 393 g/mol. The molecular weight excluding hydrogens is 379 g/mol. The first-order valence-electron chi connectivity index (χ1n) is 8.16. The molecule has 0 unspecified atom stereocenters. The van der Waals surface area contributed by atoms with Crippen molar-refractivity contribution in [2.24, 2.45) is 0 Å². The Morgan fingerprint density at radius 3 is 2.43 bits per heavy atom. The Hall–Kier alpha value is -3.32. The average molecular weight is 393 g/mol. The van der Waals surface area contributed by atoms with Gasteiger partial charge in [-0.15, -0.1) is 0 Å². The molecule has 0 bridgehead atoms. The van der Waals surface area contributed by atoms with E-state index in [0.29, 0.717) is 38.6 Å². The molecule has 1 aliphatic heterocycles. The maximum absolute atomic E-state index is 12.8. The predicted molar refractivity (Wildman–Crippen MR) is 88.9 cm³/mol. The lowest BCUT2D eigenvalue weighted by molar-refractivity contribution is -0.137. The molecule has 1 aromatic heterocycles. The van der Waals surface area contributed by atoms with Gasteiger partial charge in [-0.05, 0) is 30.3 Å². The number of nitriles is 1. The topological polar surface area (TPSA) is 84.7 Å². The number of hydrogen-bond acceptors (Lipinski definition) is 6. The van der Waals surface area contributed by atoms with Crippen molar-refractivity contribution in [2.45, 2.75) is 6.18 Å². The number of aromatic nitrogens is 1. The predicted octanol–water partition coefficient (Wildman–Crippen LogP) is 3.60. The van der Waals surface area contributed by atoms with E-state index in [1.165, 1.54) is 29.2 Å². The normalized spacial score (nSPS) is 14.3. The van der Waals surface area contributed by atoms with Gasteiger partial charge in [0.2, 0.25) is 0 Å². The van der Waals surface area contributed by atoms with Gasteiger partial charge in [0.25, 0.3) is 0 Å². The zero-order chi connectivity index (χ0) is 20.1. The van der Waals surface area contributed by atoms with Gasteiger partial charge in [-0.2, -0.15) is 18.4 Å². The third-order valence-electron chi connectivity index (χ3n) is 3.81. The number of carbonyl (C=O) groups is 1. The van der Waals surface area contributed by atoms with Gasteiger partial charge < -0.3 is 19.1 Å². The summed E-state index contributed by atoms with van der Waals surface area (Å²) in [6.45, 7) is 1.74. The molecule has 1 aromatic carbocycles. The third kappa shape index (κ3) is 4.69. The van der Waals surface area contributed by atoms with Crippen LogP contribution in [0.3, 0.4) is 0 Å². The minimum absolute atomic E-state index is 0.156. The Labute approximate surface area is 157 Å². The number of rotatable bonds is 3. The number of carbonyl (C=O) groups excluding carboxylic acids is 1. The smallest absolute Gasteiger partial charge is 0.418 e. The van der Waals surface area contributed by atoms with Crippen molar-refractivity contribution in [2.75, 3.05) is 26.3 Å². The average Bonchev–Trinajstić information content (AvgIpc) is 2.69. The summed E-state index contributed by atoms with van der Waals surface area (Å²) < 4.78 is 54.2. The highest BCUT2D eigenvalue weighted by molar-refractivity contribution is 5.70. The van der Waals surface area contributed by atoms with E-state index < -0.39 is 17.8 Å². The summed E-state index contributed by atoms with van der Waals surface area (Å²) >= 11 is 0. The van der Waals surface area contributed by atoms with Crippen molar-refractivity contribution in [3.8, 4) is 23.3 Å². The largest absolute Gasteiger partial charge is 0.454 e. The van der Waals surface area contributed by atoms with Crippen molar-refractivity contribution >= 4 is 6.09 Å². The van der Waals surface area contributed by atoms with Crippen LogP contribution < -0.4 is 9.47 Å². The molecule has 146 valence electrons. The highest BCUT2D eigenvalue weighted by Gasteiger charge is 2.32. The van der Waals surface area contributed by atoms with Crippen molar-refractivity contribution in [3.05, 3.63) is 47.8 Å². The fourth-order valence-electron chi connectivity index (χ4n) is 2.38. The maximum atomic E-state index is 12.8. The number of morpholine rings is 1. The van der Waals surface area contributed by atoms with Crippen LogP contribution in [0.1, 0.15) is 11.3 Å². The van der Waals surface area contributed by atoms with E-state index in [1.54, 1.807) is 6.07 Å². The van der Waals surface area contributed by atoms with E-state index in [9.17, 15) is 18.0 Å². The van der Waals surface area contributed by atoms with Crippen molar-refractivity contribution in [1.29, 1.82) is 5.26 Å². The van der Waals surface area contributed by atoms with Crippen LogP contribution in [0.25, 0.3) is 0 Å². The Kier molecular flexibility index (Phi) is 5.65. The highest BCUT2D eigenvalue weighted by atomic mass is 19.4. The van der Waals surface area contributed by atoms with E-state index in [2.05, 4.69) is 4.98 Å².